The third-order valence-corrected chi connectivity index (χ3v) is 4.27. The number of benzene rings is 3. The van der Waals surface area contributed by atoms with Gasteiger partial charge in [-0.2, -0.15) is 0 Å². The van der Waals surface area contributed by atoms with Crippen LogP contribution in [0.2, 0.25) is 0 Å². The van der Waals surface area contributed by atoms with Gasteiger partial charge in [0.25, 0.3) is 0 Å². The van der Waals surface area contributed by atoms with E-state index in [1.54, 1.807) is 0 Å². The van der Waals surface area contributed by atoms with Crippen LogP contribution in [-0.4, -0.2) is 0 Å². The van der Waals surface area contributed by atoms with Gasteiger partial charge in [0.2, 0.25) is 0 Å². The minimum Gasteiger partial charge on any atom is -0.0672 e. The van der Waals surface area contributed by atoms with Crippen molar-refractivity contribution in [1.82, 2.24) is 0 Å². The molecule has 102 valence electrons. The molecule has 0 saturated carbocycles. The van der Waals surface area contributed by atoms with E-state index < -0.39 is 0 Å². The van der Waals surface area contributed by atoms with Crippen molar-refractivity contribution in [2.24, 2.45) is 5.41 Å². The van der Waals surface area contributed by atoms with Gasteiger partial charge < -0.3 is 0 Å². The molecule has 4 rings (SSSR count). The van der Waals surface area contributed by atoms with E-state index in [2.05, 4.69) is 86.7 Å². The standard InChI is InChI=1S/C21H18/c1-21(2)13-16-8-4-6-10-18(16)19-12-11-15-7-3-5-9-17(15)20(19)14-21/h3-14H,1-2H3. The molecule has 0 fully saturated rings. The summed E-state index contributed by atoms with van der Waals surface area (Å²) in [5.74, 6) is 0. The fourth-order valence-electron chi connectivity index (χ4n) is 3.37. The monoisotopic (exact) mass is 270 g/mol. The van der Waals surface area contributed by atoms with Crippen LogP contribution in [0.15, 0.2) is 60.7 Å². The molecule has 1 aliphatic rings. The molecular formula is C21H18. The highest BCUT2D eigenvalue weighted by Crippen LogP contribution is 2.21. The number of hydrogen-bond donors (Lipinski definition) is 0. The van der Waals surface area contributed by atoms with E-state index in [1.807, 2.05) is 0 Å². The first-order valence-corrected chi connectivity index (χ1v) is 7.47. The average molecular weight is 270 g/mol. The maximum atomic E-state index is 2.41. The van der Waals surface area contributed by atoms with Crippen LogP contribution in [0.4, 0.5) is 0 Å². The summed E-state index contributed by atoms with van der Waals surface area (Å²) in [6.07, 6.45) is 4.78. The fraction of sp³-hybridized carbons (Fsp3) is 0.143. The number of fused-ring (bicyclic) bond motifs is 4. The average Bonchev–Trinajstić information content (AvgIpc) is 2.59. The second-order valence-corrected chi connectivity index (χ2v) is 6.45. The van der Waals surface area contributed by atoms with Gasteiger partial charge in [-0.05, 0) is 31.6 Å². The Balaban J connectivity index is 2.42. The molecule has 1 aliphatic carbocycles. The smallest absolute Gasteiger partial charge is 0.00230 e. The van der Waals surface area contributed by atoms with E-state index in [4.69, 9.17) is 0 Å². The number of hydrogen-bond acceptors (Lipinski definition) is 0. The largest absolute Gasteiger partial charge is 0.0672 e. The van der Waals surface area contributed by atoms with Gasteiger partial charge in [-0.15, -0.1) is 0 Å². The van der Waals surface area contributed by atoms with Crippen LogP contribution in [0.25, 0.3) is 22.9 Å². The molecule has 0 unspecified atom stereocenters. The first-order valence-electron chi connectivity index (χ1n) is 7.47. The van der Waals surface area contributed by atoms with Crippen LogP contribution in [0.1, 0.15) is 13.8 Å². The van der Waals surface area contributed by atoms with Crippen molar-refractivity contribution in [2.45, 2.75) is 13.8 Å². The Labute approximate surface area is 124 Å². The van der Waals surface area contributed by atoms with E-state index in [9.17, 15) is 0 Å². The Morgan fingerprint density at radius 2 is 1.43 bits per heavy atom. The lowest BCUT2D eigenvalue weighted by Crippen LogP contribution is -2.12. The molecule has 0 bridgehead atoms. The lowest BCUT2D eigenvalue weighted by molar-refractivity contribution is 0.716. The Morgan fingerprint density at radius 3 is 2.33 bits per heavy atom. The molecule has 3 aromatic carbocycles. The Kier molecular flexibility index (Phi) is 2.56. The normalized spacial score (nSPS) is 15.3. The highest BCUT2D eigenvalue weighted by Gasteiger charge is 2.13. The molecule has 0 nitrogen and oxygen atoms in total. The molecule has 0 heterocycles. The zero-order valence-electron chi connectivity index (χ0n) is 12.4. The van der Waals surface area contributed by atoms with E-state index in [-0.39, 0.29) is 5.41 Å². The third kappa shape index (κ3) is 1.99. The Hall–Kier alpha value is -2.34. The van der Waals surface area contributed by atoms with Crippen molar-refractivity contribution in [3.05, 3.63) is 81.5 Å². The van der Waals surface area contributed by atoms with Gasteiger partial charge in [-0.1, -0.05) is 86.7 Å². The molecule has 0 heteroatoms. The van der Waals surface area contributed by atoms with E-state index >= 15 is 0 Å². The van der Waals surface area contributed by atoms with Crippen molar-refractivity contribution < 1.29 is 0 Å². The van der Waals surface area contributed by atoms with E-state index in [1.165, 1.54) is 31.6 Å². The first-order chi connectivity index (χ1) is 10.1. The lowest BCUT2D eigenvalue weighted by Gasteiger charge is -2.14. The summed E-state index contributed by atoms with van der Waals surface area (Å²) in [5, 5.41) is 8.01. The molecule has 3 aromatic rings. The topological polar surface area (TPSA) is 0 Å². The lowest BCUT2D eigenvalue weighted by atomic mass is 9.90. The zero-order chi connectivity index (χ0) is 14.4. The summed E-state index contributed by atoms with van der Waals surface area (Å²) >= 11 is 0. The van der Waals surface area contributed by atoms with Crippen LogP contribution in [0.5, 0.6) is 0 Å². The van der Waals surface area contributed by atoms with E-state index in [0.29, 0.717) is 0 Å². The number of rotatable bonds is 0. The van der Waals surface area contributed by atoms with Crippen molar-refractivity contribution in [1.29, 1.82) is 0 Å². The predicted octanol–water partition coefficient (Wildman–Crippen LogP) is 3.73. The van der Waals surface area contributed by atoms with Gasteiger partial charge in [-0.3, -0.25) is 0 Å². The maximum absolute atomic E-state index is 2.41. The van der Waals surface area contributed by atoms with Gasteiger partial charge >= 0.3 is 0 Å². The molecule has 0 aromatic heterocycles. The minimum absolute atomic E-state index is 0.0471. The second-order valence-electron chi connectivity index (χ2n) is 6.45. The summed E-state index contributed by atoms with van der Waals surface area (Å²) in [4.78, 5) is 0. The molecule has 0 radical (unpaired) electrons. The molecule has 21 heavy (non-hydrogen) atoms. The van der Waals surface area contributed by atoms with Gasteiger partial charge in [-0.25, -0.2) is 0 Å². The van der Waals surface area contributed by atoms with Crippen LogP contribution in [0, 0.1) is 15.9 Å². The minimum atomic E-state index is 0.0471. The van der Waals surface area contributed by atoms with Crippen LogP contribution >= 0.6 is 0 Å². The molecule has 0 spiro atoms. The highest BCUT2D eigenvalue weighted by molar-refractivity contribution is 5.84. The molecule has 0 saturated heterocycles. The van der Waals surface area contributed by atoms with E-state index in [0.717, 1.165) is 0 Å². The molecular weight excluding hydrogens is 252 g/mol. The van der Waals surface area contributed by atoms with Crippen molar-refractivity contribution >= 4 is 22.9 Å². The first kappa shape index (κ1) is 12.4. The van der Waals surface area contributed by atoms with Gasteiger partial charge in [0.05, 0.1) is 0 Å². The van der Waals surface area contributed by atoms with Gasteiger partial charge in [0, 0.05) is 5.41 Å². The summed E-state index contributed by atoms with van der Waals surface area (Å²) in [6.45, 7) is 4.56. The Bertz CT molecular complexity index is 1050. The summed E-state index contributed by atoms with van der Waals surface area (Å²) in [5.41, 5.74) is 0.0471. The molecule has 0 aliphatic heterocycles. The van der Waals surface area contributed by atoms with Crippen molar-refractivity contribution in [3.63, 3.8) is 0 Å². The fourth-order valence-corrected chi connectivity index (χ4v) is 3.37. The maximum Gasteiger partial charge on any atom is 0.00230 e. The van der Waals surface area contributed by atoms with Crippen LogP contribution < -0.4 is 10.4 Å². The predicted molar refractivity (Wildman–Crippen MR) is 90.0 cm³/mol. The zero-order valence-corrected chi connectivity index (χ0v) is 12.4. The second kappa shape index (κ2) is 4.33. The van der Waals surface area contributed by atoms with Crippen LogP contribution in [0.3, 0.4) is 0 Å². The van der Waals surface area contributed by atoms with Gasteiger partial charge in [0.1, 0.15) is 0 Å². The summed E-state index contributed by atoms with van der Waals surface area (Å²) < 4.78 is 0. The highest BCUT2D eigenvalue weighted by atomic mass is 14.2. The van der Waals surface area contributed by atoms with Crippen molar-refractivity contribution in [3.8, 4) is 0 Å². The molecule has 0 atom stereocenters. The quantitative estimate of drug-likeness (QED) is 0.584. The third-order valence-electron chi connectivity index (χ3n) is 4.27. The summed E-state index contributed by atoms with van der Waals surface area (Å²) in [7, 11) is 0. The molecule has 0 amide bonds. The van der Waals surface area contributed by atoms with Gasteiger partial charge in [0.15, 0.2) is 0 Å². The Morgan fingerprint density at radius 1 is 0.667 bits per heavy atom. The molecule has 0 N–H and O–H groups in total. The van der Waals surface area contributed by atoms with Crippen molar-refractivity contribution in [2.75, 3.05) is 0 Å². The SMILES string of the molecule is CC1(C)C=c2ccccc2=c2ccc3ccccc3c2=C1. The summed E-state index contributed by atoms with van der Waals surface area (Å²) in [6, 6.07) is 21.9. The van der Waals surface area contributed by atoms with Crippen LogP contribution in [-0.2, 0) is 0 Å².